The predicted octanol–water partition coefficient (Wildman–Crippen LogP) is 3.68. The van der Waals surface area contributed by atoms with Gasteiger partial charge in [-0.15, -0.1) is 0 Å². The molecule has 0 radical (unpaired) electrons. The Balaban J connectivity index is 2.41. The first-order chi connectivity index (χ1) is 7.31. The number of aromatic nitrogens is 1. The molecule has 1 aromatic heterocycles. The van der Waals surface area contributed by atoms with Crippen LogP contribution in [0.2, 0.25) is 5.02 Å². The summed E-state index contributed by atoms with van der Waals surface area (Å²) in [4.78, 5) is 4.20. The lowest BCUT2D eigenvalue weighted by Crippen LogP contribution is -1.96. The number of halogens is 1. The maximum atomic E-state index is 6.08. The summed E-state index contributed by atoms with van der Waals surface area (Å²) in [7, 11) is 0. The normalized spacial score (nSPS) is 10.5. The van der Waals surface area contributed by atoms with Gasteiger partial charge in [0.25, 0.3) is 0 Å². The van der Waals surface area contributed by atoms with E-state index in [4.69, 9.17) is 16.3 Å². The van der Waals surface area contributed by atoms with E-state index in [1.165, 1.54) is 0 Å². The Labute approximate surface area is 93.8 Å². The molecule has 2 nitrogen and oxygen atoms in total. The van der Waals surface area contributed by atoms with Crippen molar-refractivity contribution in [1.29, 1.82) is 0 Å². The zero-order valence-corrected chi connectivity index (χ0v) is 9.29. The van der Waals surface area contributed by atoms with Gasteiger partial charge < -0.3 is 4.74 Å². The summed E-state index contributed by atoms with van der Waals surface area (Å²) in [5.74, 6) is 0.637. The van der Waals surface area contributed by atoms with Crippen LogP contribution >= 0.6 is 11.6 Å². The summed E-state index contributed by atoms with van der Waals surface area (Å²) in [5.41, 5.74) is 0. The molecule has 2 rings (SSSR count). The van der Waals surface area contributed by atoms with Gasteiger partial charge in [0.2, 0.25) is 5.88 Å². The summed E-state index contributed by atoms with van der Waals surface area (Å²) in [5, 5.41) is 2.75. The van der Waals surface area contributed by atoms with Crippen LogP contribution in [0, 0.1) is 0 Å². The molecule has 0 spiro atoms. The summed E-state index contributed by atoms with van der Waals surface area (Å²) in [6.45, 7) is 2.75. The molecule has 0 aliphatic rings. The molecule has 0 saturated heterocycles. The van der Waals surface area contributed by atoms with Gasteiger partial charge in [0.1, 0.15) is 0 Å². The summed E-state index contributed by atoms with van der Waals surface area (Å²) < 4.78 is 5.45. The molecule has 0 bridgehead atoms. The third-order valence-electron chi connectivity index (χ3n) is 2.14. The molecule has 0 saturated carbocycles. The van der Waals surface area contributed by atoms with Crippen molar-refractivity contribution in [3.05, 3.63) is 35.5 Å². The molecule has 0 aliphatic carbocycles. The third kappa shape index (κ3) is 2.21. The monoisotopic (exact) mass is 221 g/mol. The molecule has 0 unspecified atom stereocenters. The van der Waals surface area contributed by atoms with Crippen LogP contribution in [0.25, 0.3) is 10.8 Å². The van der Waals surface area contributed by atoms with E-state index in [1.54, 1.807) is 6.20 Å². The molecule has 2 aromatic rings. The Bertz CT molecular complexity index is 470. The minimum Gasteiger partial charge on any atom is -0.478 e. The van der Waals surface area contributed by atoms with Crippen molar-refractivity contribution < 1.29 is 4.74 Å². The molecule has 0 fully saturated rings. The molecule has 0 amide bonds. The Kier molecular flexibility index (Phi) is 3.07. The predicted molar refractivity (Wildman–Crippen MR) is 62.5 cm³/mol. The first-order valence-electron chi connectivity index (χ1n) is 4.98. The zero-order chi connectivity index (χ0) is 10.7. The lowest BCUT2D eigenvalue weighted by atomic mass is 10.2. The van der Waals surface area contributed by atoms with E-state index in [0.717, 1.165) is 22.2 Å². The van der Waals surface area contributed by atoms with E-state index in [2.05, 4.69) is 11.9 Å². The van der Waals surface area contributed by atoms with Crippen molar-refractivity contribution in [2.45, 2.75) is 13.3 Å². The van der Waals surface area contributed by atoms with E-state index < -0.39 is 0 Å². The van der Waals surface area contributed by atoms with Crippen molar-refractivity contribution in [3.8, 4) is 5.88 Å². The van der Waals surface area contributed by atoms with Crippen molar-refractivity contribution in [3.63, 3.8) is 0 Å². The third-order valence-corrected chi connectivity index (χ3v) is 2.47. The second-order valence-corrected chi connectivity index (χ2v) is 3.74. The van der Waals surface area contributed by atoms with Crippen LogP contribution in [-0.2, 0) is 0 Å². The van der Waals surface area contributed by atoms with E-state index >= 15 is 0 Å². The topological polar surface area (TPSA) is 22.1 Å². The minimum atomic E-state index is 0.637. The highest BCUT2D eigenvalue weighted by Crippen LogP contribution is 2.25. The van der Waals surface area contributed by atoms with Crippen LogP contribution in [0.15, 0.2) is 30.5 Å². The second-order valence-electron chi connectivity index (χ2n) is 3.33. The van der Waals surface area contributed by atoms with Gasteiger partial charge >= 0.3 is 0 Å². The molecule has 0 atom stereocenters. The van der Waals surface area contributed by atoms with Crippen molar-refractivity contribution in [1.82, 2.24) is 4.98 Å². The van der Waals surface area contributed by atoms with Crippen LogP contribution in [0.4, 0.5) is 0 Å². The first kappa shape index (κ1) is 10.2. The molecule has 0 N–H and O–H groups in total. The van der Waals surface area contributed by atoms with Crippen LogP contribution in [0.3, 0.4) is 0 Å². The number of pyridine rings is 1. The van der Waals surface area contributed by atoms with Gasteiger partial charge in [0.05, 0.1) is 6.61 Å². The summed E-state index contributed by atoms with van der Waals surface area (Å²) >= 11 is 6.08. The van der Waals surface area contributed by atoms with E-state index in [0.29, 0.717) is 12.5 Å². The molecule has 3 heteroatoms. The van der Waals surface area contributed by atoms with Gasteiger partial charge in [-0.1, -0.05) is 30.7 Å². The molecular formula is C12H12ClNO. The average Bonchev–Trinajstić information content (AvgIpc) is 2.27. The SMILES string of the molecule is CCCOc1cc2c(Cl)cccc2cn1. The number of rotatable bonds is 3. The first-order valence-corrected chi connectivity index (χ1v) is 5.36. The summed E-state index contributed by atoms with van der Waals surface area (Å²) in [6.07, 6.45) is 2.76. The number of fused-ring (bicyclic) bond motifs is 1. The lowest BCUT2D eigenvalue weighted by molar-refractivity contribution is 0.306. The van der Waals surface area contributed by atoms with Gasteiger partial charge in [0, 0.05) is 28.1 Å². The maximum Gasteiger partial charge on any atom is 0.213 e. The number of benzene rings is 1. The van der Waals surface area contributed by atoms with Crippen LogP contribution in [-0.4, -0.2) is 11.6 Å². The van der Waals surface area contributed by atoms with E-state index in [-0.39, 0.29) is 0 Å². The van der Waals surface area contributed by atoms with Gasteiger partial charge in [-0.3, -0.25) is 0 Å². The standard InChI is InChI=1S/C12H12ClNO/c1-2-6-15-12-7-10-9(8-14-12)4-3-5-11(10)13/h3-5,7-8H,2,6H2,1H3. The average molecular weight is 222 g/mol. The number of hydrogen-bond acceptors (Lipinski definition) is 2. The molecule has 0 aliphatic heterocycles. The number of ether oxygens (including phenoxy) is 1. The summed E-state index contributed by atoms with van der Waals surface area (Å²) in [6, 6.07) is 7.65. The van der Waals surface area contributed by atoms with Crippen LogP contribution in [0.5, 0.6) is 5.88 Å². The molecule has 78 valence electrons. The van der Waals surface area contributed by atoms with E-state index in [9.17, 15) is 0 Å². The Morgan fingerprint density at radius 2 is 2.27 bits per heavy atom. The second kappa shape index (κ2) is 4.49. The van der Waals surface area contributed by atoms with Crippen molar-refractivity contribution in [2.24, 2.45) is 0 Å². The minimum absolute atomic E-state index is 0.637. The van der Waals surface area contributed by atoms with E-state index in [1.807, 2.05) is 24.3 Å². The smallest absolute Gasteiger partial charge is 0.213 e. The molecule has 15 heavy (non-hydrogen) atoms. The Hall–Kier alpha value is -1.28. The Morgan fingerprint density at radius 1 is 1.40 bits per heavy atom. The number of nitrogens with zero attached hydrogens (tertiary/aromatic N) is 1. The highest BCUT2D eigenvalue weighted by molar-refractivity contribution is 6.35. The fraction of sp³-hybridized carbons (Fsp3) is 0.250. The van der Waals surface area contributed by atoms with Gasteiger partial charge in [-0.2, -0.15) is 0 Å². The maximum absolute atomic E-state index is 6.08. The van der Waals surface area contributed by atoms with Crippen LogP contribution < -0.4 is 4.74 Å². The number of hydrogen-bond donors (Lipinski definition) is 0. The van der Waals surface area contributed by atoms with Crippen LogP contribution in [0.1, 0.15) is 13.3 Å². The zero-order valence-electron chi connectivity index (χ0n) is 8.53. The largest absolute Gasteiger partial charge is 0.478 e. The Morgan fingerprint density at radius 3 is 3.07 bits per heavy atom. The van der Waals surface area contributed by atoms with Crippen molar-refractivity contribution >= 4 is 22.4 Å². The van der Waals surface area contributed by atoms with Gasteiger partial charge in [0.15, 0.2) is 0 Å². The molecular weight excluding hydrogens is 210 g/mol. The van der Waals surface area contributed by atoms with Crippen molar-refractivity contribution in [2.75, 3.05) is 6.61 Å². The fourth-order valence-electron chi connectivity index (χ4n) is 1.40. The van der Waals surface area contributed by atoms with Gasteiger partial charge in [-0.25, -0.2) is 4.98 Å². The highest BCUT2D eigenvalue weighted by Gasteiger charge is 2.01. The molecule has 1 aromatic carbocycles. The van der Waals surface area contributed by atoms with Gasteiger partial charge in [-0.05, 0) is 12.5 Å². The molecule has 1 heterocycles. The quantitative estimate of drug-likeness (QED) is 0.789. The lowest BCUT2D eigenvalue weighted by Gasteiger charge is -2.05. The fourth-order valence-corrected chi connectivity index (χ4v) is 1.63. The highest BCUT2D eigenvalue weighted by atomic mass is 35.5.